The molecule has 0 heterocycles. The van der Waals surface area contributed by atoms with Crippen molar-refractivity contribution in [1.29, 1.82) is 0 Å². The van der Waals surface area contributed by atoms with Gasteiger partial charge < -0.3 is 5.32 Å². The standard InChI is InChI=1S/C15H23NO2/c1-10(17)2-3-16-14(18)15-7-11-4-12(8-15)6-13(5-11)9-15/h11-13H,2-9H2,1H3,(H,16,18). The molecule has 1 amide bonds. The van der Waals surface area contributed by atoms with Gasteiger partial charge in [0.1, 0.15) is 5.78 Å². The SMILES string of the molecule is CC(=O)CCNC(=O)C12CC3CC(CC(C3)C1)C2. The Hall–Kier alpha value is -0.860. The number of carbonyl (C=O) groups is 2. The summed E-state index contributed by atoms with van der Waals surface area (Å²) in [7, 11) is 0. The lowest BCUT2D eigenvalue weighted by Gasteiger charge is -2.55. The number of hydrogen-bond donors (Lipinski definition) is 1. The first kappa shape index (κ1) is 12.2. The first-order chi connectivity index (χ1) is 8.57. The Morgan fingerprint density at radius 2 is 1.56 bits per heavy atom. The Kier molecular flexibility index (Phi) is 2.95. The molecule has 0 aromatic carbocycles. The molecule has 4 fully saturated rings. The Bertz CT molecular complexity index is 339. The molecule has 0 aliphatic heterocycles. The van der Waals surface area contributed by atoms with E-state index in [1.807, 2.05) is 0 Å². The highest BCUT2D eigenvalue weighted by atomic mass is 16.2. The zero-order valence-corrected chi connectivity index (χ0v) is 11.2. The third-order valence-electron chi connectivity index (χ3n) is 5.28. The van der Waals surface area contributed by atoms with Gasteiger partial charge in [0, 0.05) is 18.4 Å². The molecule has 4 saturated carbocycles. The number of amides is 1. The van der Waals surface area contributed by atoms with E-state index in [1.165, 1.54) is 19.3 Å². The van der Waals surface area contributed by atoms with Gasteiger partial charge in [-0.05, 0) is 63.2 Å². The second kappa shape index (κ2) is 4.36. The molecule has 100 valence electrons. The van der Waals surface area contributed by atoms with Crippen LogP contribution < -0.4 is 5.32 Å². The van der Waals surface area contributed by atoms with Crippen molar-refractivity contribution in [2.75, 3.05) is 6.54 Å². The number of nitrogens with one attached hydrogen (secondary N) is 1. The average molecular weight is 249 g/mol. The molecule has 3 nitrogen and oxygen atoms in total. The van der Waals surface area contributed by atoms with Crippen LogP contribution in [0.25, 0.3) is 0 Å². The van der Waals surface area contributed by atoms with Crippen LogP contribution in [0, 0.1) is 23.2 Å². The summed E-state index contributed by atoms with van der Waals surface area (Å²) >= 11 is 0. The van der Waals surface area contributed by atoms with E-state index in [4.69, 9.17) is 0 Å². The second-order valence-electron chi connectivity index (χ2n) is 6.91. The van der Waals surface area contributed by atoms with Gasteiger partial charge >= 0.3 is 0 Å². The highest BCUT2D eigenvalue weighted by molar-refractivity contribution is 5.84. The van der Waals surface area contributed by atoms with Crippen molar-refractivity contribution < 1.29 is 9.59 Å². The van der Waals surface area contributed by atoms with E-state index in [9.17, 15) is 9.59 Å². The minimum atomic E-state index is -0.0639. The number of Topliss-reactive ketones (excluding diaryl/α,β-unsaturated/α-hetero) is 1. The maximum atomic E-state index is 12.5. The lowest BCUT2D eigenvalue weighted by molar-refractivity contribution is -0.146. The highest BCUT2D eigenvalue weighted by Crippen LogP contribution is 2.60. The van der Waals surface area contributed by atoms with Gasteiger partial charge in [-0.2, -0.15) is 0 Å². The van der Waals surface area contributed by atoms with E-state index >= 15 is 0 Å². The zero-order chi connectivity index (χ0) is 12.8. The van der Waals surface area contributed by atoms with Gasteiger partial charge in [0.25, 0.3) is 0 Å². The fourth-order valence-electron chi connectivity index (χ4n) is 4.93. The van der Waals surface area contributed by atoms with Crippen LogP contribution in [-0.4, -0.2) is 18.2 Å². The van der Waals surface area contributed by atoms with E-state index < -0.39 is 0 Å². The molecule has 0 saturated heterocycles. The highest BCUT2D eigenvalue weighted by Gasteiger charge is 2.54. The van der Waals surface area contributed by atoms with E-state index in [1.54, 1.807) is 6.92 Å². The molecule has 0 unspecified atom stereocenters. The minimum absolute atomic E-state index is 0.0639. The van der Waals surface area contributed by atoms with Crippen LogP contribution >= 0.6 is 0 Å². The summed E-state index contributed by atoms with van der Waals surface area (Å²) in [6.07, 6.45) is 7.86. The lowest BCUT2D eigenvalue weighted by Crippen LogP contribution is -2.53. The summed E-state index contributed by atoms with van der Waals surface area (Å²) in [4.78, 5) is 23.4. The molecule has 4 aliphatic carbocycles. The van der Waals surface area contributed by atoms with Crippen molar-refractivity contribution in [3.05, 3.63) is 0 Å². The molecular formula is C15H23NO2. The third kappa shape index (κ3) is 2.08. The number of carbonyl (C=O) groups excluding carboxylic acids is 2. The minimum Gasteiger partial charge on any atom is -0.355 e. The Balaban J connectivity index is 1.64. The van der Waals surface area contributed by atoms with Crippen molar-refractivity contribution in [2.45, 2.75) is 51.9 Å². The largest absolute Gasteiger partial charge is 0.355 e. The van der Waals surface area contributed by atoms with E-state index in [0.717, 1.165) is 37.0 Å². The predicted molar refractivity (Wildman–Crippen MR) is 68.9 cm³/mol. The van der Waals surface area contributed by atoms with Crippen molar-refractivity contribution >= 4 is 11.7 Å². The molecule has 4 aliphatic rings. The van der Waals surface area contributed by atoms with Crippen LogP contribution in [-0.2, 0) is 9.59 Å². The molecule has 0 radical (unpaired) electrons. The lowest BCUT2D eigenvalue weighted by atomic mass is 9.49. The van der Waals surface area contributed by atoms with Crippen LogP contribution in [0.2, 0.25) is 0 Å². The Morgan fingerprint density at radius 1 is 1.06 bits per heavy atom. The zero-order valence-electron chi connectivity index (χ0n) is 11.2. The average Bonchev–Trinajstić information content (AvgIpc) is 2.26. The second-order valence-corrected chi connectivity index (χ2v) is 6.91. The Morgan fingerprint density at radius 3 is 2.00 bits per heavy atom. The van der Waals surface area contributed by atoms with Gasteiger partial charge in [0.15, 0.2) is 0 Å². The molecule has 4 rings (SSSR count). The first-order valence-corrected chi connectivity index (χ1v) is 7.35. The molecule has 18 heavy (non-hydrogen) atoms. The molecule has 0 atom stereocenters. The summed E-state index contributed by atoms with van der Waals surface area (Å²) in [6, 6.07) is 0. The summed E-state index contributed by atoms with van der Waals surface area (Å²) < 4.78 is 0. The topological polar surface area (TPSA) is 46.2 Å². The summed E-state index contributed by atoms with van der Waals surface area (Å²) in [6.45, 7) is 2.10. The maximum absolute atomic E-state index is 12.5. The first-order valence-electron chi connectivity index (χ1n) is 7.35. The smallest absolute Gasteiger partial charge is 0.226 e. The van der Waals surface area contributed by atoms with Crippen molar-refractivity contribution in [1.82, 2.24) is 5.32 Å². The van der Waals surface area contributed by atoms with Gasteiger partial charge in [-0.3, -0.25) is 9.59 Å². The van der Waals surface area contributed by atoms with Crippen molar-refractivity contribution in [3.63, 3.8) is 0 Å². The third-order valence-corrected chi connectivity index (χ3v) is 5.28. The van der Waals surface area contributed by atoms with E-state index in [-0.39, 0.29) is 17.1 Å². The molecule has 0 spiro atoms. The molecular weight excluding hydrogens is 226 g/mol. The summed E-state index contributed by atoms with van der Waals surface area (Å²) in [5.74, 6) is 2.79. The maximum Gasteiger partial charge on any atom is 0.226 e. The van der Waals surface area contributed by atoms with Gasteiger partial charge in [-0.15, -0.1) is 0 Å². The van der Waals surface area contributed by atoms with Crippen LogP contribution in [0.4, 0.5) is 0 Å². The van der Waals surface area contributed by atoms with E-state index in [2.05, 4.69) is 5.32 Å². The predicted octanol–water partition coefficient (Wildman–Crippen LogP) is 2.30. The fraction of sp³-hybridized carbons (Fsp3) is 0.867. The molecule has 0 aromatic rings. The number of rotatable bonds is 4. The van der Waals surface area contributed by atoms with E-state index in [0.29, 0.717) is 13.0 Å². The number of hydrogen-bond acceptors (Lipinski definition) is 2. The van der Waals surface area contributed by atoms with Gasteiger partial charge in [-0.25, -0.2) is 0 Å². The molecule has 3 heteroatoms. The number of ketones is 1. The molecule has 4 bridgehead atoms. The van der Waals surface area contributed by atoms with Crippen LogP contribution in [0.3, 0.4) is 0 Å². The normalized spacial score (nSPS) is 40.8. The van der Waals surface area contributed by atoms with Gasteiger partial charge in [-0.1, -0.05) is 0 Å². The van der Waals surface area contributed by atoms with Crippen LogP contribution in [0.15, 0.2) is 0 Å². The summed E-state index contributed by atoms with van der Waals surface area (Å²) in [5, 5.41) is 3.01. The Labute approximate surface area is 109 Å². The van der Waals surface area contributed by atoms with Crippen LogP contribution in [0.5, 0.6) is 0 Å². The van der Waals surface area contributed by atoms with Crippen molar-refractivity contribution in [2.24, 2.45) is 23.2 Å². The van der Waals surface area contributed by atoms with Gasteiger partial charge in [0.2, 0.25) is 5.91 Å². The summed E-state index contributed by atoms with van der Waals surface area (Å²) in [5.41, 5.74) is -0.0639. The van der Waals surface area contributed by atoms with Gasteiger partial charge in [0.05, 0.1) is 0 Å². The molecule has 1 N–H and O–H groups in total. The van der Waals surface area contributed by atoms with Crippen molar-refractivity contribution in [3.8, 4) is 0 Å². The fourth-order valence-corrected chi connectivity index (χ4v) is 4.93. The van der Waals surface area contributed by atoms with Crippen LogP contribution in [0.1, 0.15) is 51.9 Å². The molecule has 0 aromatic heterocycles. The monoisotopic (exact) mass is 249 g/mol. The quantitative estimate of drug-likeness (QED) is 0.831.